The van der Waals surface area contributed by atoms with Crippen molar-refractivity contribution in [2.45, 2.75) is 20.3 Å². The first-order valence-corrected chi connectivity index (χ1v) is 3.32. The van der Waals surface area contributed by atoms with Crippen LogP contribution in [0.2, 0.25) is 0 Å². The molecule has 0 saturated carbocycles. The van der Waals surface area contributed by atoms with Crippen LogP contribution in [0.5, 0.6) is 0 Å². The van der Waals surface area contributed by atoms with Gasteiger partial charge in [0.25, 0.3) is 0 Å². The van der Waals surface area contributed by atoms with E-state index in [1.165, 1.54) is 7.11 Å². The monoisotopic (exact) mass is 142 g/mol. The predicted molar refractivity (Wildman–Crippen MR) is 40.6 cm³/mol. The molecule has 2 nitrogen and oxygen atoms in total. The molecule has 0 spiro atoms. The molecule has 0 heterocycles. The Hall–Kier alpha value is -0.790. The van der Waals surface area contributed by atoms with Gasteiger partial charge in [0.2, 0.25) is 0 Å². The molecule has 0 unspecified atom stereocenters. The van der Waals surface area contributed by atoms with Gasteiger partial charge >= 0.3 is 5.97 Å². The van der Waals surface area contributed by atoms with Gasteiger partial charge in [-0.15, -0.1) is 6.58 Å². The van der Waals surface area contributed by atoms with Crippen molar-refractivity contribution in [3.05, 3.63) is 12.7 Å². The van der Waals surface area contributed by atoms with Crippen LogP contribution in [0.3, 0.4) is 0 Å². The molecule has 2 heteroatoms. The fraction of sp³-hybridized carbons (Fsp3) is 0.625. The number of carbonyl (C=O) groups is 1. The van der Waals surface area contributed by atoms with E-state index in [0.29, 0.717) is 0 Å². The lowest BCUT2D eigenvalue weighted by molar-refractivity contribution is -0.149. The Morgan fingerprint density at radius 2 is 2.30 bits per heavy atom. The Kier molecular flexibility index (Phi) is 3.13. The second kappa shape index (κ2) is 3.40. The van der Waals surface area contributed by atoms with Gasteiger partial charge in [-0.05, 0) is 13.3 Å². The maximum atomic E-state index is 11.0. The largest absolute Gasteiger partial charge is 0.468 e. The Morgan fingerprint density at radius 3 is 2.40 bits per heavy atom. The summed E-state index contributed by atoms with van der Waals surface area (Å²) in [7, 11) is 1.39. The van der Waals surface area contributed by atoms with Crippen molar-refractivity contribution >= 4 is 5.97 Å². The molecule has 58 valence electrons. The number of methoxy groups -OCH3 is 1. The number of hydrogen-bond acceptors (Lipinski definition) is 2. The molecule has 0 aliphatic carbocycles. The molecule has 0 fully saturated rings. The maximum Gasteiger partial charge on any atom is 0.315 e. The molecule has 0 radical (unpaired) electrons. The summed E-state index contributed by atoms with van der Waals surface area (Å²) in [6, 6.07) is 0. The van der Waals surface area contributed by atoms with Crippen LogP contribution in [0, 0.1) is 5.41 Å². The highest BCUT2D eigenvalue weighted by Crippen LogP contribution is 2.23. The summed E-state index contributed by atoms with van der Waals surface area (Å²) in [6.45, 7) is 7.31. The van der Waals surface area contributed by atoms with Crippen molar-refractivity contribution in [1.82, 2.24) is 0 Å². The van der Waals surface area contributed by atoms with E-state index in [4.69, 9.17) is 0 Å². The summed E-state index contributed by atoms with van der Waals surface area (Å²) >= 11 is 0. The van der Waals surface area contributed by atoms with Gasteiger partial charge in [0.05, 0.1) is 12.5 Å². The van der Waals surface area contributed by atoms with Crippen LogP contribution in [-0.2, 0) is 9.53 Å². The molecule has 0 aromatic heterocycles. The third kappa shape index (κ3) is 1.59. The quantitative estimate of drug-likeness (QED) is 0.443. The highest BCUT2D eigenvalue weighted by molar-refractivity contribution is 5.78. The number of ether oxygens (including phenoxy) is 1. The van der Waals surface area contributed by atoms with Crippen LogP contribution in [0.1, 0.15) is 20.3 Å². The minimum Gasteiger partial charge on any atom is -0.468 e. The van der Waals surface area contributed by atoms with Crippen molar-refractivity contribution in [3.8, 4) is 0 Å². The van der Waals surface area contributed by atoms with Crippen molar-refractivity contribution in [2.75, 3.05) is 7.11 Å². The van der Waals surface area contributed by atoms with E-state index in [0.717, 1.165) is 6.42 Å². The minimum atomic E-state index is -0.505. The van der Waals surface area contributed by atoms with Crippen molar-refractivity contribution in [1.29, 1.82) is 0 Å². The number of esters is 1. The van der Waals surface area contributed by atoms with Crippen LogP contribution < -0.4 is 0 Å². The van der Waals surface area contributed by atoms with E-state index < -0.39 is 5.41 Å². The van der Waals surface area contributed by atoms with E-state index in [9.17, 15) is 4.79 Å². The van der Waals surface area contributed by atoms with Crippen LogP contribution in [-0.4, -0.2) is 13.1 Å². The SMILES string of the molecule is C=C[C@](C)(CC)C(=O)OC. The lowest BCUT2D eigenvalue weighted by Crippen LogP contribution is -2.25. The predicted octanol–water partition coefficient (Wildman–Crippen LogP) is 1.76. The van der Waals surface area contributed by atoms with Gasteiger partial charge in [0.1, 0.15) is 0 Å². The van der Waals surface area contributed by atoms with Crippen LogP contribution in [0.4, 0.5) is 0 Å². The molecule has 1 atom stereocenters. The average Bonchev–Trinajstić information content (AvgIpc) is 2.01. The van der Waals surface area contributed by atoms with E-state index in [1.807, 2.05) is 13.8 Å². The lowest BCUT2D eigenvalue weighted by Gasteiger charge is -2.19. The summed E-state index contributed by atoms with van der Waals surface area (Å²) in [4.78, 5) is 11.0. The van der Waals surface area contributed by atoms with Gasteiger partial charge in [0.15, 0.2) is 0 Å². The number of rotatable bonds is 3. The Labute approximate surface area is 61.9 Å². The van der Waals surface area contributed by atoms with E-state index in [1.54, 1.807) is 6.08 Å². The van der Waals surface area contributed by atoms with Gasteiger partial charge in [-0.25, -0.2) is 0 Å². The zero-order chi connectivity index (χ0) is 8.20. The topological polar surface area (TPSA) is 26.3 Å². The first-order valence-electron chi connectivity index (χ1n) is 3.32. The molecule has 0 aromatic carbocycles. The third-order valence-corrected chi connectivity index (χ3v) is 1.84. The van der Waals surface area contributed by atoms with E-state index in [2.05, 4.69) is 11.3 Å². The minimum absolute atomic E-state index is 0.218. The van der Waals surface area contributed by atoms with E-state index in [-0.39, 0.29) is 5.97 Å². The van der Waals surface area contributed by atoms with Crippen LogP contribution in [0.25, 0.3) is 0 Å². The molecule has 0 amide bonds. The fourth-order valence-corrected chi connectivity index (χ4v) is 0.605. The zero-order valence-corrected chi connectivity index (χ0v) is 6.81. The summed E-state index contributed by atoms with van der Waals surface area (Å²) in [5, 5.41) is 0. The zero-order valence-electron chi connectivity index (χ0n) is 6.81. The molecule has 0 bridgehead atoms. The average molecular weight is 142 g/mol. The molecule has 0 saturated heterocycles. The fourth-order valence-electron chi connectivity index (χ4n) is 0.605. The van der Waals surface area contributed by atoms with Gasteiger partial charge in [-0.2, -0.15) is 0 Å². The Morgan fingerprint density at radius 1 is 1.80 bits per heavy atom. The van der Waals surface area contributed by atoms with Crippen LogP contribution >= 0.6 is 0 Å². The highest BCUT2D eigenvalue weighted by atomic mass is 16.5. The van der Waals surface area contributed by atoms with Crippen molar-refractivity contribution in [3.63, 3.8) is 0 Å². The standard InChI is InChI=1S/C8H14O2/c1-5-8(3,6-2)7(9)10-4/h5H,1,6H2,2-4H3/t8-/m1/s1. The van der Waals surface area contributed by atoms with Gasteiger partial charge in [-0.1, -0.05) is 13.0 Å². The summed E-state index contributed by atoms with van der Waals surface area (Å²) in [5.74, 6) is -0.218. The summed E-state index contributed by atoms with van der Waals surface area (Å²) < 4.78 is 4.59. The molecular formula is C8H14O2. The van der Waals surface area contributed by atoms with Crippen molar-refractivity contribution in [2.24, 2.45) is 5.41 Å². The third-order valence-electron chi connectivity index (χ3n) is 1.84. The molecule has 0 aliphatic heterocycles. The smallest absolute Gasteiger partial charge is 0.315 e. The maximum absolute atomic E-state index is 11.0. The van der Waals surface area contributed by atoms with Gasteiger partial charge in [-0.3, -0.25) is 4.79 Å². The molecule has 0 aromatic rings. The lowest BCUT2D eigenvalue weighted by atomic mass is 9.88. The second-order valence-electron chi connectivity index (χ2n) is 2.47. The molecule has 10 heavy (non-hydrogen) atoms. The Balaban J connectivity index is 4.31. The highest BCUT2D eigenvalue weighted by Gasteiger charge is 2.28. The molecule has 0 rings (SSSR count). The first-order chi connectivity index (χ1) is 4.60. The van der Waals surface area contributed by atoms with E-state index >= 15 is 0 Å². The van der Waals surface area contributed by atoms with Gasteiger partial charge in [0, 0.05) is 0 Å². The summed E-state index contributed by atoms with van der Waals surface area (Å²) in [6.07, 6.45) is 2.35. The van der Waals surface area contributed by atoms with Gasteiger partial charge < -0.3 is 4.74 Å². The first kappa shape index (κ1) is 9.21. The summed E-state index contributed by atoms with van der Waals surface area (Å²) in [5.41, 5.74) is -0.505. The molecular weight excluding hydrogens is 128 g/mol. The Bertz CT molecular complexity index is 140. The number of hydrogen-bond donors (Lipinski definition) is 0. The molecule has 0 aliphatic rings. The normalized spacial score (nSPS) is 15.5. The number of carbonyl (C=O) groups excluding carboxylic acids is 1. The molecule has 0 N–H and O–H groups in total. The van der Waals surface area contributed by atoms with Crippen molar-refractivity contribution < 1.29 is 9.53 Å². The second-order valence-corrected chi connectivity index (χ2v) is 2.47. The van der Waals surface area contributed by atoms with Crippen LogP contribution in [0.15, 0.2) is 12.7 Å².